The Morgan fingerprint density at radius 3 is 2.47 bits per heavy atom. The van der Waals surface area contributed by atoms with E-state index in [4.69, 9.17) is 37.4 Å². The number of nitrogens with zero attached hydrogens (tertiary/aromatic N) is 1. The zero-order chi connectivity index (χ0) is 23.1. The Kier molecular flexibility index (Phi) is 7.98. The molecule has 0 aliphatic rings. The van der Waals surface area contributed by atoms with Gasteiger partial charge in [0.1, 0.15) is 12.4 Å². The third kappa shape index (κ3) is 5.93. The number of carbonyl (C=O) groups excluding carboxylic acids is 1. The fourth-order valence-electron chi connectivity index (χ4n) is 2.89. The van der Waals surface area contributed by atoms with E-state index in [1.54, 1.807) is 55.6 Å². The highest BCUT2D eigenvalue weighted by Gasteiger charge is 2.12. The van der Waals surface area contributed by atoms with Gasteiger partial charge in [-0.2, -0.15) is 5.10 Å². The number of carbonyl (C=O) groups is 1. The molecular weight excluding hydrogens is 451 g/mol. The maximum absolute atomic E-state index is 12.4. The van der Waals surface area contributed by atoms with Crippen LogP contribution < -0.4 is 19.6 Å². The second-order valence-electron chi connectivity index (χ2n) is 6.84. The Bertz CT molecular complexity index is 1150. The van der Waals surface area contributed by atoms with Crippen LogP contribution in [-0.2, 0) is 6.61 Å². The lowest BCUT2D eigenvalue weighted by Gasteiger charge is -2.12. The fraction of sp³-hybridized carbons (Fsp3) is 0.167. The van der Waals surface area contributed by atoms with E-state index >= 15 is 0 Å². The number of benzene rings is 3. The first-order chi connectivity index (χ1) is 15.4. The van der Waals surface area contributed by atoms with Crippen LogP contribution in [0.5, 0.6) is 17.2 Å². The Balaban J connectivity index is 1.70. The molecule has 3 aromatic rings. The van der Waals surface area contributed by atoms with E-state index in [-0.39, 0.29) is 12.5 Å². The third-order valence-electron chi connectivity index (χ3n) is 4.57. The van der Waals surface area contributed by atoms with Gasteiger partial charge in [-0.05, 0) is 60.5 Å². The quantitative estimate of drug-likeness (QED) is 0.339. The van der Waals surface area contributed by atoms with E-state index < -0.39 is 0 Å². The van der Waals surface area contributed by atoms with Crippen LogP contribution in [-0.4, -0.2) is 26.3 Å². The lowest BCUT2D eigenvalue weighted by Crippen LogP contribution is -2.18. The van der Waals surface area contributed by atoms with Crippen molar-refractivity contribution >= 4 is 35.3 Å². The zero-order valence-electron chi connectivity index (χ0n) is 17.8. The summed E-state index contributed by atoms with van der Waals surface area (Å²) in [5.41, 5.74) is 5.39. The summed E-state index contributed by atoms with van der Waals surface area (Å²) in [6.07, 6.45) is 1.51. The van der Waals surface area contributed by atoms with Crippen molar-refractivity contribution in [3.05, 3.63) is 86.9 Å². The van der Waals surface area contributed by atoms with E-state index in [0.29, 0.717) is 38.4 Å². The molecule has 1 N–H and O–H groups in total. The minimum absolute atomic E-state index is 0.233. The Morgan fingerprint density at radius 1 is 0.969 bits per heavy atom. The summed E-state index contributed by atoms with van der Waals surface area (Å²) in [7, 11) is 3.07. The first kappa shape index (κ1) is 23.4. The van der Waals surface area contributed by atoms with Gasteiger partial charge in [-0.3, -0.25) is 4.79 Å². The van der Waals surface area contributed by atoms with Gasteiger partial charge in [-0.25, -0.2) is 5.43 Å². The number of rotatable bonds is 8. The smallest absolute Gasteiger partial charge is 0.275 e. The number of amides is 1. The van der Waals surface area contributed by atoms with Crippen molar-refractivity contribution in [3.8, 4) is 17.2 Å². The Labute approximate surface area is 196 Å². The molecule has 0 aromatic heterocycles. The first-order valence-corrected chi connectivity index (χ1v) is 10.4. The number of methoxy groups -OCH3 is 2. The predicted octanol–water partition coefficient (Wildman–Crippen LogP) is 5.66. The monoisotopic (exact) mass is 472 g/mol. The molecule has 3 aromatic carbocycles. The van der Waals surface area contributed by atoms with Gasteiger partial charge >= 0.3 is 0 Å². The summed E-state index contributed by atoms with van der Waals surface area (Å²) in [4.78, 5) is 12.4. The molecule has 8 heteroatoms. The normalized spacial score (nSPS) is 10.8. The molecule has 0 saturated heterocycles. The molecule has 0 atom stereocenters. The highest BCUT2D eigenvalue weighted by atomic mass is 35.5. The SMILES string of the molecule is COc1ccc(/C=N\NC(=O)c2ccc(C)cc2OC)cc1OCc1ccc(Cl)cc1Cl. The molecule has 1 amide bonds. The predicted molar refractivity (Wildman–Crippen MR) is 127 cm³/mol. The van der Waals surface area contributed by atoms with Crippen LogP contribution in [0.4, 0.5) is 0 Å². The maximum atomic E-state index is 12.4. The van der Waals surface area contributed by atoms with Gasteiger partial charge in [0.05, 0.1) is 26.0 Å². The number of hydrazone groups is 1. The summed E-state index contributed by atoms with van der Waals surface area (Å²) >= 11 is 12.2. The summed E-state index contributed by atoms with van der Waals surface area (Å²) in [6.45, 7) is 2.16. The molecule has 0 saturated carbocycles. The molecule has 0 aliphatic carbocycles. The number of hydrogen-bond donors (Lipinski definition) is 1. The van der Waals surface area contributed by atoms with Crippen LogP contribution in [0.25, 0.3) is 0 Å². The second-order valence-corrected chi connectivity index (χ2v) is 7.68. The lowest BCUT2D eigenvalue weighted by atomic mass is 10.1. The molecule has 0 unspecified atom stereocenters. The zero-order valence-corrected chi connectivity index (χ0v) is 19.3. The van der Waals surface area contributed by atoms with E-state index in [1.807, 2.05) is 13.0 Å². The van der Waals surface area contributed by atoms with Crippen LogP contribution in [0.3, 0.4) is 0 Å². The fourth-order valence-corrected chi connectivity index (χ4v) is 3.36. The van der Waals surface area contributed by atoms with Crippen LogP contribution in [0.2, 0.25) is 10.0 Å². The minimum atomic E-state index is -0.375. The molecule has 6 nitrogen and oxygen atoms in total. The number of ether oxygens (including phenoxy) is 3. The van der Waals surface area contributed by atoms with Gasteiger partial charge in [0.15, 0.2) is 11.5 Å². The highest BCUT2D eigenvalue weighted by molar-refractivity contribution is 6.35. The van der Waals surface area contributed by atoms with Gasteiger partial charge in [-0.1, -0.05) is 35.3 Å². The van der Waals surface area contributed by atoms with E-state index in [9.17, 15) is 4.79 Å². The van der Waals surface area contributed by atoms with Gasteiger partial charge in [0.25, 0.3) is 5.91 Å². The summed E-state index contributed by atoms with van der Waals surface area (Å²) in [5.74, 6) is 1.17. The standard InChI is InChI=1S/C24H22Cl2N2O4/c1-15-4-8-19(22(10-15)31-3)24(29)28-27-13-16-5-9-21(30-2)23(11-16)32-14-17-6-7-18(25)12-20(17)26/h4-13H,14H2,1-3H3,(H,28,29)/b27-13-. The third-order valence-corrected chi connectivity index (χ3v) is 5.15. The Morgan fingerprint density at radius 2 is 1.75 bits per heavy atom. The van der Waals surface area contributed by atoms with E-state index in [1.165, 1.54) is 13.3 Å². The van der Waals surface area contributed by atoms with Crippen LogP contribution in [0.1, 0.15) is 27.0 Å². The molecular formula is C24H22Cl2N2O4. The van der Waals surface area contributed by atoms with Crippen LogP contribution in [0.15, 0.2) is 59.7 Å². The molecule has 3 rings (SSSR count). The lowest BCUT2D eigenvalue weighted by molar-refractivity contribution is 0.0952. The van der Waals surface area contributed by atoms with Crippen molar-refractivity contribution in [1.82, 2.24) is 5.43 Å². The van der Waals surface area contributed by atoms with Crippen molar-refractivity contribution in [1.29, 1.82) is 0 Å². The van der Waals surface area contributed by atoms with Gasteiger partial charge in [0, 0.05) is 15.6 Å². The summed E-state index contributed by atoms with van der Waals surface area (Å²) in [6, 6.07) is 15.8. The largest absolute Gasteiger partial charge is 0.496 e. The topological polar surface area (TPSA) is 69.2 Å². The molecule has 0 spiro atoms. The van der Waals surface area contributed by atoms with E-state index in [2.05, 4.69) is 10.5 Å². The number of halogens is 2. The minimum Gasteiger partial charge on any atom is -0.496 e. The van der Waals surface area contributed by atoms with Crippen molar-refractivity contribution in [2.75, 3.05) is 14.2 Å². The second kappa shape index (κ2) is 10.9. The molecule has 0 radical (unpaired) electrons. The molecule has 0 fully saturated rings. The molecule has 0 heterocycles. The average Bonchev–Trinajstić information content (AvgIpc) is 2.78. The maximum Gasteiger partial charge on any atom is 0.275 e. The molecule has 0 bridgehead atoms. The van der Waals surface area contributed by atoms with Crippen LogP contribution in [0, 0.1) is 6.92 Å². The van der Waals surface area contributed by atoms with Crippen molar-refractivity contribution < 1.29 is 19.0 Å². The average molecular weight is 473 g/mol. The van der Waals surface area contributed by atoms with Gasteiger partial charge < -0.3 is 14.2 Å². The van der Waals surface area contributed by atoms with Gasteiger partial charge in [0.2, 0.25) is 0 Å². The van der Waals surface area contributed by atoms with Crippen molar-refractivity contribution in [2.45, 2.75) is 13.5 Å². The summed E-state index contributed by atoms with van der Waals surface area (Å²) in [5, 5.41) is 5.11. The Hall–Kier alpha value is -3.22. The summed E-state index contributed by atoms with van der Waals surface area (Å²) < 4.78 is 16.5. The first-order valence-electron chi connectivity index (χ1n) is 9.64. The number of aryl methyl sites for hydroxylation is 1. The van der Waals surface area contributed by atoms with Crippen LogP contribution >= 0.6 is 23.2 Å². The molecule has 166 valence electrons. The van der Waals surface area contributed by atoms with E-state index in [0.717, 1.165) is 11.1 Å². The van der Waals surface area contributed by atoms with Crippen molar-refractivity contribution in [3.63, 3.8) is 0 Å². The van der Waals surface area contributed by atoms with Gasteiger partial charge in [-0.15, -0.1) is 0 Å². The van der Waals surface area contributed by atoms with Crippen molar-refractivity contribution in [2.24, 2.45) is 5.10 Å². The highest BCUT2D eigenvalue weighted by Crippen LogP contribution is 2.30. The molecule has 32 heavy (non-hydrogen) atoms. The molecule has 0 aliphatic heterocycles. The number of hydrogen-bond acceptors (Lipinski definition) is 5. The number of nitrogens with one attached hydrogen (secondary N) is 1.